The molecule has 1 heterocycles. The number of amides is 1. The predicted molar refractivity (Wildman–Crippen MR) is 101 cm³/mol. The third kappa shape index (κ3) is 3.64. The van der Waals surface area contributed by atoms with Gasteiger partial charge in [-0.25, -0.2) is 0 Å². The Hall–Kier alpha value is -2.85. The molecule has 0 aliphatic heterocycles. The van der Waals surface area contributed by atoms with Gasteiger partial charge in [-0.05, 0) is 42.8 Å². The summed E-state index contributed by atoms with van der Waals surface area (Å²) in [6.07, 6.45) is 5.24. The fourth-order valence-electron chi connectivity index (χ4n) is 2.75. The minimum absolute atomic E-state index is 0.0271. The minimum Gasteiger partial charge on any atom is -0.366 e. The van der Waals surface area contributed by atoms with E-state index in [1.807, 2.05) is 41.1 Å². The van der Waals surface area contributed by atoms with Crippen LogP contribution in [0.4, 0.5) is 0 Å². The molecule has 126 valence electrons. The maximum atomic E-state index is 11.5. The van der Waals surface area contributed by atoms with E-state index < -0.39 is 5.91 Å². The van der Waals surface area contributed by atoms with Crippen molar-refractivity contribution in [1.82, 2.24) is 4.57 Å². The lowest BCUT2D eigenvalue weighted by atomic mass is 10.1. The number of carbonyl (C=O) groups excluding carboxylic acids is 2. The highest BCUT2D eigenvalue weighted by molar-refractivity contribution is 6.31. The SMILES string of the molecule is CC(=O)C=Cc1cn(Cc2ccccc2Cl)c2cc(C(N)=O)ccc12. The first-order valence-electron chi connectivity index (χ1n) is 7.80. The van der Waals surface area contributed by atoms with Gasteiger partial charge in [-0.3, -0.25) is 9.59 Å². The number of allylic oxidation sites excluding steroid dienone is 1. The lowest BCUT2D eigenvalue weighted by Crippen LogP contribution is -2.10. The van der Waals surface area contributed by atoms with E-state index in [0.29, 0.717) is 17.1 Å². The summed E-state index contributed by atoms with van der Waals surface area (Å²) in [7, 11) is 0. The van der Waals surface area contributed by atoms with Crippen molar-refractivity contribution in [3.63, 3.8) is 0 Å². The third-order valence-corrected chi connectivity index (χ3v) is 4.36. The van der Waals surface area contributed by atoms with Crippen LogP contribution in [0.25, 0.3) is 17.0 Å². The van der Waals surface area contributed by atoms with E-state index in [2.05, 4.69) is 0 Å². The van der Waals surface area contributed by atoms with Gasteiger partial charge in [0.05, 0.1) is 0 Å². The van der Waals surface area contributed by atoms with Crippen LogP contribution in [0.1, 0.15) is 28.4 Å². The lowest BCUT2D eigenvalue weighted by molar-refractivity contribution is -0.112. The molecule has 0 saturated carbocycles. The molecule has 3 aromatic rings. The van der Waals surface area contributed by atoms with Crippen LogP contribution in [-0.4, -0.2) is 16.3 Å². The number of benzene rings is 2. The largest absolute Gasteiger partial charge is 0.366 e. The predicted octanol–water partition coefficient (Wildman–Crippen LogP) is 4.04. The van der Waals surface area contributed by atoms with Crippen molar-refractivity contribution >= 4 is 40.3 Å². The third-order valence-electron chi connectivity index (χ3n) is 3.99. The molecule has 1 aromatic heterocycles. The number of halogens is 1. The molecular formula is C20H17ClN2O2. The number of aromatic nitrogens is 1. The summed E-state index contributed by atoms with van der Waals surface area (Å²) in [6, 6.07) is 12.9. The van der Waals surface area contributed by atoms with E-state index >= 15 is 0 Å². The van der Waals surface area contributed by atoms with Gasteiger partial charge in [0, 0.05) is 39.8 Å². The second-order valence-electron chi connectivity index (χ2n) is 5.84. The first-order valence-corrected chi connectivity index (χ1v) is 8.18. The van der Waals surface area contributed by atoms with Crippen LogP contribution in [0.2, 0.25) is 5.02 Å². The molecule has 0 spiro atoms. The van der Waals surface area contributed by atoms with Crippen molar-refractivity contribution in [3.05, 3.63) is 76.5 Å². The summed E-state index contributed by atoms with van der Waals surface area (Å²) in [4.78, 5) is 22.8. The number of fused-ring (bicyclic) bond motifs is 1. The first-order chi connectivity index (χ1) is 12.0. The monoisotopic (exact) mass is 352 g/mol. The van der Waals surface area contributed by atoms with Gasteiger partial charge >= 0.3 is 0 Å². The average Bonchev–Trinajstić information content (AvgIpc) is 2.92. The number of carbonyl (C=O) groups is 2. The quantitative estimate of drug-likeness (QED) is 0.704. The van der Waals surface area contributed by atoms with Crippen molar-refractivity contribution in [2.75, 3.05) is 0 Å². The Morgan fingerprint density at radius 2 is 1.96 bits per heavy atom. The summed E-state index contributed by atoms with van der Waals surface area (Å²) in [5, 5.41) is 1.62. The van der Waals surface area contributed by atoms with E-state index in [4.69, 9.17) is 17.3 Å². The normalized spacial score (nSPS) is 11.3. The molecule has 2 N–H and O–H groups in total. The Bertz CT molecular complexity index is 1000. The molecule has 0 unspecified atom stereocenters. The van der Waals surface area contributed by atoms with Crippen molar-refractivity contribution in [1.29, 1.82) is 0 Å². The number of nitrogens with two attached hydrogens (primary N) is 1. The van der Waals surface area contributed by atoms with Crippen molar-refractivity contribution in [2.24, 2.45) is 5.73 Å². The molecular weight excluding hydrogens is 336 g/mol. The molecule has 0 radical (unpaired) electrons. The minimum atomic E-state index is -0.478. The van der Waals surface area contributed by atoms with Gasteiger partial charge in [-0.15, -0.1) is 0 Å². The fourth-order valence-corrected chi connectivity index (χ4v) is 2.95. The van der Waals surface area contributed by atoms with Crippen LogP contribution >= 0.6 is 11.6 Å². The second kappa shape index (κ2) is 6.95. The Kier molecular flexibility index (Phi) is 4.72. The first kappa shape index (κ1) is 17.0. The van der Waals surface area contributed by atoms with Gasteiger partial charge in [0.1, 0.15) is 0 Å². The highest BCUT2D eigenvalue weighted by Gasteiger charge is 2.11. The molecule has 5 heteroatoms. The molecule has 2 aromatic carbocycles. The second-order valence-corrected chi connectivity index (χ2v) is 6.25. The summed E-state index contributed by atoms with van der Waals surface area (Å²) < 4.78 is 2.00. The Labute approximate surface area is 150 Å². The van der Waals surface area contributed by atoms with Crippen molar-refractivity contribution in [2.45, 2.75) is 13.5 Å². The van der Waals surface area contributed by atoms with Gasteiger partial charge in [0.2, 0.25) is 5.91 Å². The molecule has 1 amide bonds. The van der Waals surface area contributed by atoms with Crippen molar-refractivity contribution < 1.29 is 9.59 Å². The molecule has 4 nitrogen and oxygen atoms in total. The van der Waals surface area contributed by atoms with E-state index in [-0.39, 0.29) is 5.78 Å². The van der Waals surface area contributed by atoms with Gasteiger partial charge in [0.15, 0.2) is 5.78 Å². The standard InChI is InChI=1S/C20H17ClN2O2/c1-13(24)6-7-15-11-23(12-16-4-2-3-5-18(16)21)19-10-14(20(22)25)8-9-17(15)19/h2-11H,12H2,1H3,(H2,22,25). The Balaban J connectivity index is 2.15. The molecule has 0 fully saturated rings. The summed E-state index contributed by atoms with van der Waals surface area (Å²) in [5.74, 6) is -0.506. The molecule has 0 atom stereocenters. The number of hydrogen-bond acceptors (Lipinski definition) is 2. The van der Waals surface area contributed by atoms with Crippen LogP contribution < -0.4 is 5.73 Å². The maximum Gasteiger partial charge on any atom is 0.248 e. The highest BCUT2D eigenvalue weighted by atomic mass is 35.5. The van der Waals surface area contributed by atoms with Crippen LogP contribution in [0.3, 0.4) is 0 Å². The van der Waals surface area contributed by atoms with E-state index in [1.165, 1.54) is 13.0 Å². The molecule has 0 aliphatic carbocycles. The molecule has 0 aliphatic rings. The van der Waals surface area contributed by atoms with Crippen LogP contribution in [0.15, 0.2) is 54.7 Å². The Morgan fingerprint density at radius 3 is 2.64 bits per heavy atom. The summed E-state index contributed by atoms with van der Waals surface area (Å²) in [6.45, 7) is 2.05. The smallest absolute Gasteiger partial charge is 0.248 e. The maximum absolute atomic E-state index is 11.5. The topological polar surface area (TPSA) is 65.1 Å². The number of rotatable bonds is 5. The van der Waals surface area contributed by atoms with Crippen LogP contribution in [-0.2, 0) is 11.3 Å². The number of hydrogen-bond donors (Lipinski definition) is 1. The number of nitrogens with zero attached hydrogens (tertiary/aromatic N) is 1. The zero-order chi connectivity index (χ0) is 18.0. The number of primary amides is 1. The van der Waals surface area contributed by atoms with Crippen LogP contribution in [0, 0.1) is 0 Å². The molecule has 3 rings (SSSR count). The number of ketones is 1. The van der Waals surface area contributed by atoms with Gasteiger partial charge < -0.3 is 10.3 Å². The molecule has 25 heavy (non-hydrogen) atoms. The zero-order valence-electron chi connectivity index (χ0n) is 13.7. The van der Waals surface area contributed by atoms with Crippen LogP contribution in [0.5, 0.6) is 0 Å². The van der Waals surface area contributed by atoms with E-state index in [1.54, 1.807) is 18.2 Å². The van der Waals surface area contributed by atoms with Gasteiger partial charge in [0.25, 0.3) is 0 Å². The summed E-state index contributed by atoms with van der Waals surface area (Å²) >= 11 is 6.27. The summed E-state index contributed by atoms with van der Waals surface area (Å²) in [5.41, 5.74) is 8.57. The Morgan fingerprint density at radius 1 is 1.20 bits per heavy atom. The molecule has 0 saturated heterocycles. The highest BCUT2D eigenvalue weighted by Crippen LogP contribution is 2.26. The average molecular weight is 353 g/mol. The molecule has 0 bridgehead atoms. The fraction of sp³-hybridized carbons (Fsp3) is 0.100. The van der Waals surface area contributed by atoms with Gasteiger partial charge in [-0.2, -0.15) is 0 Å². The van der Waals surface area contributed by atoms with Crippen molar-refractivity contribution in [3.8, 4) is 0 Å². The lowest BCUT2D eigenvalue weighted by Gasteiger charge is -2.08. The van der Waals surface area contributed by atoms with E-state index in [0.717, 1.165) is 22.0 Å². The zero-order valence-corrected chi connectivity index (χ0v) is 14.5. The van der Waals surface area contributed by atoms with E-state index in [9.17, 15) is 9.59 Å². The van der Waals surface area contributed by atoms with Gasteiger partial charge in [-0.1, -0.05) is 35.9 Å².